The number of halogens is 1. The molecule has 0 unspecified atom stereocenters. The van der Waals surface area contributed by atoms with Gasteiger partial charge in [0, 0.05) is 16.3 Å². The SMILES string of the molecule is Cc1cc(Cl)ccc1OCCCC(=O)Nc1sc2c(c1C(N)=O)CC[C@H](C)C2. The van der Waals surface area contributed by atoms with E-state index < -0.39 is 5.91 Å². The number of amides is 2. The van der Waals surface area contributed by atoms with Gasteiger partial charge in [-0.25, -0.2) is 0 Å². The molecule has 5 nitrogen and oxygen atoms in total. The molecule has 3 rings (SSSR count). The molecule has 0 radical (unpaired) electrons. The summed E-state index contributed by atoms with van der Waals surface area (Å²) in [6, 6.07) is 5.45. The number of nitrogens with one attached hydrogen (secondary N) is 1. The number of fused-ring (bicyclic) bond motifs is 1. The van der Waals surface area contributed by atoms with Gasteiger partial charge in [-0.05, 0) is 67.9 Å². The van der Waals surface area contributed by atoms with E-state index in [2.05, 4.69) is 12.2 Å². The Morgan fingerprint density at radius 2 is 2.18 bits per heavy atom. The Bertz CT molecular complexity index is 894. The summed E-state index contributed by atoms with van der Waals surface area (Å²) >= 11 is 7.42. The molecule has 0 spiro atoms. The molecule has 0 aliphatic heterocycles. The van der Waals surface area contributed by atoms with E-state index in [9.17, 15) is 9.59 Å². The molecule has 1 aromatic heterocycles. The quantitative estimate of drug-likeness (QED) is 0.635. The van der Waals surface area contributed by atoms with Crippen LogP contribution in [-0.4, -0.2) is 18.4 Å². The van der Waals surface area contributed by atoms with Gasteiger partial charge in [0.05, 0.1) is 12.2 Å². The summed E-state index contributed by atoms with van der Waals surface area (Å²) in [4.78, 5) is 25.5. The van der Waals surface area contributed by atoms with Crippen LogP contribution in [0.4, 0.5) is 5.00 Å². The highest BCUT2D eigenvalue weighted by atomic mass is 35.5. The highest BCUT2D eigenvalue weighted by Crippen LogP contribution is 2.39. The van der Waals surface area contributed by atoms with Crippen molar-refractivity contribution in [3.63, 3.8) is 0 Å². The maximum absolute atomic E-state index is 12.4. The number of carbonyl (C=O) groups excluding carboxylic acids is 2. The lowest BCUT2D eigenvalue weighted by Crippen LogP contribution is -2.19. The van der Waals surface area contributed by atoms with Crippen LogP contribution in [0.2, 0.25) is 5.02 Å². The Morgan fingerprint density at radius 3 is 2.89 bits per heavy atom. The third kappa shape index (κ3) is 4.86. The van der Waals surface area contributed by atoms with Gasteiger partial charge in [-0.2, -0.15) is 0 Å². The lowest BCUT2D eigenvalue weighted by Gasteiger charge is -2.18. The number of hydrogen-bond acceptors (Lipinski definition) is 4. The van der Waals surface area contributed by atoms with Gasteiger partial charge in [-0.1, -0.05) is 18.5 Å². The summed E-state index contributed by atoms with van der Waals surface area (Å²) in [7, 11) is 0. The van der Waals surface area contributed by atoms with Crippen molar-refractivity contribution < 1.29 is 14.3 Å². The first kappa shape index (κ1) is 20.7. The molecule has 1 aliphatic carbocycles. The van der Waals surface area contributed by atoms with Crippen LogP contribution in [0.15, 0.2) is 18.2 Å². The Labute approximate surface area is 174 Å². The van der Waals surface area contributed by atoms with Crippen LogP contribution in [0, 0.1) is 12.8 Å². The highest BCUT2D eigenvalue weighted by molar-refractivity contribution is 7.17. The number of benzene rings is 1. The van der Waals surface area contributed by atoms with Crippen LogP contribution in [0.5, 0.6) is 5.75 Å². The van der Waals surface area contributed by atoms with Crippen molar-refractivity contribution in [2.24, 2.45) is 11.7 Å². The van der Waals surface area contributed by atoms with Gasteiger partial charge in [0.2, 0.25) is 5.91 Å². The molecule has 2 amide bonds. The van der Waals surface area contributed by atoms with Crippen LogP contribution in [0.1, 0.15) is 52.5 Å². The van der Waals surface area contributed by atoms with Crippen molar-refractivity contribution in [2.45, 2.75) is 46.0 Å². The first-order valence-electron chi connectivity index (χ1n) is 9.48. The molecule has 1 aliphatic rings. The van der Waals surface area contributed by atoms with E-state index in [4.69, 9.17) is 22.1 Å². The second kappa shape index (κ2) is 8.97. The van der Waals surface area contributed by atoms with Gasteiger partial charge in [0.1, 0.15) is 10.8 Å². The summed E-state index contributed by atoms with van der Waals surface area (Å²) in [5.74, 6) is 0.749. The largest absolute Gasteiger partial charge is 0.493 e. The van der Waals surface area contributed by atoms with Crippen molar-refractivity contribution in [3.05, 3.63) is 44.8 Å². The van der Waals surface area contributed by atoms with Gasteiger partial charge in [-0.3, -0.25) is 9.59 Å². The maximum Gasteiger partial charge on any atom is 0.251 e. The number of primary amides is 1. The maximum atomic E-state index is 12.4. The van der Waals surface area contributed by atoms with E-state index in [-0.39, 0.29) is 5.91 Å². The fraction of sp³-hybridized carbons (Fsp3) is 0.429. The number of hydrogen-bond donors (Lipinski definition) is 2. The molecule has 0 bridgehead atoms. The van der Waals surface area contributed by atoms with Crippen molar-refractivity contribution in [1.82, 2.24) is 0 Å². The Balaban J connectivity index is 1.55. The number of carbonyl (C=O) groups is 2. The number of aryl methyl sites for hydroxylation is 1. The molecular weight excluding hydrogens is 396 g/mol. The fourth-order valence-corrected chi connectivity index (χ4v) is 5.14. The van der Waals surface area contributed by atoms with Crippen molar-refractivity contribution in [3.8, 4) is 5.75 Å². The van der Waals surface area contributed by atoms with E-state index in [1.807, 2.05) is 19.1 Å². The monoisotopic (exact) mass is 420 g/mol. The van der Waals surface area contributed by atoms with Crippen LogP contribution in [0.3, 0.4) is 0 Å². The molecule has 28 heavy (non-hydrogen) atoms. The lowest BCUT2D eigenvalue weighted by molar-refractivity contribution is -0.116. The zero-order chi connectivity index (χ0) is 20.3. The molecule has 2 aromatic rings. The third-order valence-electron chi connectivity index (χ3n) is 4.95. The molecule has 0 fully saturated rings. The van der Waals surface area contributed by atoms with E-state index >= 15 is 0 Å². The number of ether oxygens (including phenoxy) is 1. The van der Waals surface area contributed by atoms with E-state index in [1.165, 1.54) is 16.2 Å². The molecule has 1 atom stereocenters. The van der Waals surface area contributed by atoms with Gasteiger partial charge < -0.3 is 15.8 Å². The Morgan fingerprint density at radius 1 is 1.39 bits per heavy atom. The van der Waals surface area contributed by atoms with Crippen LogP contribution in [-0.2, 0) is 17.6 Å². The first-order valence-corrected chi connectivity index (χ1v) is 10.7. The minimum absolute atomic E-state index is 0.134. The van der Waals surface area contributed by atoms with Crippen LogP contribution >= 0.6 is 22.9 Å². The molecule has 1 aromatic carbocycles. The van der Waals surface area contributed by atoms with Gasteiger partial charge in [-0.15, -0.1) is 11.3 Å². The van der Waals surface area contributed by atoms with E-state index in [0.29, 0.717) is 41.0 Å². The number of rotatable bonds is 7. The van der Waals surface area contributed by atoms with Crippen molar-refractivity contribution in [1.29, 1.82) is 0 Å². The zero-order valence-electron chi connectivity index (χ0n) is 16.1. The highest BCUT2D eigenvalue weighted by Gasteiger charge is 2.27. The minimum atomic E-state index is -0.469. The minimum Gasteiger partial charge on any atom is -0.493 e. The van der Waals surface area contributed by atoms with Gasteiger partial charge in [0.25, 0.3) is 5.91 Å². The summed E-state index contributed by atoms with van der Waals surface area (Å²) in [5, 5.41) is 4.15. The third-order valence-corrected chi connectivity index (χ3v) is 6.36. The molecule has 150 valence electrons. The number of thiophene rings is 1. The molecule has 7 heteroatoms. The Hall–Kier alpha value is -2.05. The second-order valence-corrected chi connectivity index (χ2v) is 8.87. The lowest BCUT2D eigenvalue weighted by atomic mass is 9.88. The van der Waals surface area contributed by atoms with E-state index in [0.717, 1.165) is 36.1 Å². The normalized spacial score (nSPS) is 15.8. The van der Waals surface area contributed by atoms with Gasteiger partial charge >= 0.3 is 0 Å². The fourth-order valence-electron chi connectivity index (χ4n) is 3.48. The molecule has 1 heterocycles. The van der Waals surface area contributed by atoms with E-state index in [1.54, 1.807) is 6.07 Å². The molecular formula is C21H25ClN2O3S. The Kier molecular flexibility index (Phi) is 6.62. The summed E-state index contributed by atoms with van der Waals surface area (Å²) < 4.78 is 5.72. The summed E-state index contributed by atoms with van der Waals surface area (Å²) in [5.41, 5.74) is 8.07. The molecule has 0 saturated carbocycles. The summed E-state index contributed by atoms with van der Waals surface area (Å²) in [6.45, 7) is 4.56. The van der Waals surface area contributed by atoms with Crippen LogP contribution < -0.4 is 15.8 Å². The average molecular weight is 421 g/mol. The smallest absolute Gasteiger partial charge is 0.251 e. The predicted octanol–water partition coefficient (Wildman–Crippen LogP) is 4.73. The number of nitrogens with two attached hydrogens (primary N) is 1. The standard InChI is InChI=1S/C21H25ClN2O3S/c1-12-5-7-15-17(10-12)28-21(19(15)20(23)26)24-18(25)4-3-9-27-16-8-6-14(22)11-13(16)2/h6,8,11-12H,3-5,7,9-10H2,1-2H3,(H2,23,26)(H,24,25)/t12-/m0/s1. The number of anilines is 1. The molecule has 0 saturated heterocycles. The van der Waals surface area contributed by atoms with Crippen molar-refractivity contribution in [2.75, 3.05) is 11.9 Å². The first-order chi connectivity index (χ1) is 13.3. The molecule has 3 N–H and O–H groups in total. The topological polar surface area (TPSA) is 81.4 Å². The average Bonchev–Trinajstić information content (AvgIpc) is 2.97. The van der Waals surface area contributed by atoms with Gasteiger partial charge in [0.15, 0.2) is 0 Å². The zero-order valence-corrected chi connectivity index (χ0v) is 17.7. The second-order valence-electron chi connectivity index (χ2n) is 7.33. The summed E-state index contributed by atoms with van der Waals surface area (Å²) in [6.07, 6.45) is 3.70. The predicted molar refractivity (Wildman–Crippen MR) is 114 cm³/mol. The van der Waals surface area contributed by atoms with Crippen molar-refractivity contribution >= 4 is 39.8 Å². The van der Waals surface area contributed by atoms with Crippen LogP contribution in [0.25, 0.3) is 0 Å².